The normalized spacial score (nSPS) is 25.5. The molecule has 1 aliphatic rings. The number of nitrogens with zero attached hydrogens (tertiary/aromatic N) is 1. The quantitative estimate of drug-likeness (QED) is 0.598. The summed E-state index contributed by atoms with van der Waals surface area (Å²) in [5, 5.41) is 3.40. The molecule has 0 aromatic carbocycles. The molecule has 0 spiro atoms. The van der Waals surface area contributed by atoms with Crippen LogP contribution in [0.3, 0.4) is 0 Å². The molecule has 0 saturated heterocycles. The predicted octanol–water partition coefficient (Wildman–Crippen LogP) is 1.14. The Balaban J connectivity index is 3.08. The molecule has 0 aromatic heterocycles. The van der Waals surface area contributed by atoms with E-state index in [9.17, 15) is 0 Å². The molecule has 1 rings (SSSR count). The van der Waals surface area contributed by atoms with Crippen LogP contribution < -0.4 is 5.32 Å². The molecule has 1 N–H and O–H groups in total. The lowest BCUT2D eigenvalue weighted by atomic mass is 9.84. The fraction of sp³-hybridized carbons (Fsp3) is 0.889. The van der Waals surface area contributed by atoms with E-state index in [1.807, 2.05) is 11.7 Å². The molecule has 12 heavy (non-hydrogen) atoms. The monoisotopic (exact) mass is 171 g/mol. The van der Waals surface area contributed by atoms with Crippen LogP contribution in [0.1, 0.15) is 34.6 Å². The van der Waals surface area contributed by atoms with Crippen molar-refractivity contribution >= 4 is 5.84 Å². The van der Waals surface area contributed by atoms with E-state index in [-0.39, 0.29) is 11.1 Å². The van der Waals surface area contributed by atoms with E-state index in [2.05, 4.69) is 33.0 Å². The minimum absolute atomic E-state index is 0.00810. The SMILES string of the molecule is CO[N+]1=C(C)NC(C)(C)C1(C)C. The van der Waals surface area contributed by atoms with E-state index in [1.165, 1.54) is 0 Å². The van der Waals surface area contributed by atoms with Crippen molar-refractivity contribution in [3.8, 4) is 0 Å². The summed E-state index contributed by atoms with van der Waals surface area (Å²) < 4.78 is 1.92. The minimum Gasteiger partial charge on any atom is -0.344 e. The van der Waals surface area contributed by atoms with Crippen molar-refractivity contribution in [2.45, 2.75) is 45.7 Å². The van der Waals surface area contributed by atoms with Crippen LogP contribution in [0.4, 0.5) is 0 Å². The molecule has 0 bridgehead atoms. The first-order valence-corrected chi connectivity index (χ1v) is 4.29. The van der Waals surface area contributed by atoms with E-state index in [0.29, 0.717) is 0 Å². The average molecular weight is 171 g/mol. The van der Waals surface area contributed by atoms with Crippen LogP contribution in [0.15, 0.2) is 0 Å². The van der Waals surface area contributed by atoms with Crippen molar-refractivity contribution in [2.24, 2.45) is 0 Å². The molecule has 3 nitrogen and oxygen atoms in total. The number of hydrogen-bond donors (Lipinski definition) is 1. The predicted molar refractivity (Wildman–Crippen MR) is 49.2 cm³/mol. The Labute approximate surface area is 74.4 Å². The lowest BCUT2D eigenvalue weighted by Gasteiger charge is -2.28. The van der Waals surface area contributed by atoms with Gasteiger partial charge in [0.15, 0.2) is 5.54 Å². The first-order valence-electron chi connectivity index (χ1n) is 4.29. The molecule has 70 valence electrons. The third kappa shape index (κ3) is 0.993. The topological polar surface area (TPSA) is 24.3 Å². The van der Waals surface area contributed by atoms with Gasteiger partial charge in [-0.2, -0.15) is 0 Å². The van der Waals surface area contributed by atoms with E-state index in [0.717, 1.165) is 5.84 Å². The molecule has 0 amide bonds. The van der Waals surface area contributed by atoms with Gasteiger partial charge in [-0.25, -0.2) is 0 Å². The molecule has 0 aromatic rings. The van der Waals surface area contributed by atoms with Gasteiger partial charge in [0.1, 0.15) is 12.6 Å². The summed E-state index contributed by atoms with van der Waals surface area (Å²) in [6, 6.07) is 0. The van der Waals surface area contributed by atoms with Crippen molar-refractivity contribution < 1.29 is 9.58 Å². The third-order valence-electron chi connectivity index (χ3n) is 3.02. The van der Waals surface area contributed by atoms with Gasteiger partial charge in [-0.15, -0.1) is 0 Å². The van der Waals surface area contributed by atoms with Gasteiger partial charge >= 0.3 is 0 Å². The largest absolute Gasteiger partial charge is 0.344 e. The lowest BCUT2D eigenvalue weighted by Crippen LogP contribution is -2.53. The second kappa shape index (κ2) is 2.38. The van der Waals surface area contributed by atoms with Crippen LogP contribution >= 0.6 is 0 Å². The molecular formula is C9H19N2O+. The van der Waals surface area contributed by atoms with Crippen LogP contribution in [-0.4, -0.2) is 28.8 Å². The lowest BCUT2D eigenvalue weighted by molar-refractivity contribution is -0.824. The van der Waals surface area contributed by atoms with Crippen molar-refractivity contribution in [3.63, 3.8) is 0 Å². The molecule has 3 heteroatoms. The van der Waals surface area contributed by atoms with Crippen LogP contribution in [0, 0.1) is 0 Å². The van der Waals surface area contributed by atoms with E-state index in [1.54, 1.807) is 7.11 Å². The molecule has 0 aliphatic carbocycles. The highest BCUT2D eigenvalue weighted by atomic mass is 16.7. The van der Waals surface area contributed by atoms with Crippen molar-refractivity contribution in [1.82, 2.24) is 5.32 Å². The average Bonchev–Trinajstić information content (AvgIpc) is 1.99. The van der Waals surface area contributed by atoms with Gasteiger partial charge in [0.2, 0.25) is 0 Å². The summed E-state index contributed by atoms with van der Waals surface area (Å²) in [5.74, 6) is 1.08. The minimum atomic E-state index is -0.00810. The Morgan fingerprint density at radius 2 is 1.75 bits per heavy atom. The molecule has 1 aliphatic heterocycles. The maximum atomic E-state index is 5.31. The number of hydrogen-bond acceptors (Lipinski definition) is 2. The van der Waals surface area contributed by atoms with Crippen molar-refractivity contribution in [2.75, 3.05) is 7.11 Å². The first-order chi connectivity index (χ1) is 5.33. The molecule has 0 atom stereocenters. The number of nitrogens with one attached hydrogen (secondary N) is 1. The second-order valence-electron chi connectivity index (χ2n) is 4.37. The zero-order valence-corrected chi connectivity index (χ0v) is 8.86. The Kier molecular flexibility index (Phi) is 1.85. The van der Waals surface area contributed by atoms with Gasteiger partial charge in [-0.1, -0.05) is 4.74 Å². The highest BCUT2D eigenvalue weighted by molar-refractivity contribution is 5.77. The summed E-state index contributed by atoms with van der Waals surface area (Å²) in [5.41, 5.74) is 0.0406. The summed E-state index contributed by atoms with van der Waals surface area (Å²) in [6.45, 7) is 10.7. The van der Waals surface area contributed by atoms with Crippen LogP contribution in [0.2, 0.25) is 0 Å². The Bertz CT molecular complexity index is 229. The fourth-order valence-electron chi connectivity index (χ4n) is 1.69. The highest BCUT2D eigenvalue weighted by Crippen LogP contribution is 2.29. The van der Waals surface area contributed by atoms with Crippen molar-refractivity contribution in [3.05, 3.63) is 0 Å². The van der Waals surface area contributed by atoms with Gasteiger partial charge in [0.25, 0.3) is 5.84 Å². The third-order valence-corrected chi connectivity index (χ3v) is 3.02. The molecule has 0 fully saturated rings. The maximum absolute atomic E-state index is 5.31. The van der Waals surface area contributed by atoms with Crippen molar-refractivity contribution in [1.29, 1.82) is 0 Å². The number of rotatable bonds is 1. The van der Waals surface area contributed by atoms with Crippen LogP contribution in [0.5, 0.6) is 0 Å². The van der Waals surface area contributed by atoms with Gasteiger partial charge in [-0.05, 0) is 27.7 Å². The van der Waals surface area contributed by atoms with Crippen LogP contribution in [-0.2, 0) is 4.84 Å². The Hall–Kier alpha value is -0.730. The molecule has 1 heterocycles. The van der Waals surface area contributed by atoms with Gasteiger partial charge < -0.3 is 4.84 Å². The Morgan fingerprint density at radius 1 is 1.25 bits per heavy atom. The van der Waals surface area contributed by atoms with E-state index in [4.69, 9.17) is 4.84 Å². The smallest absolute Gasteiger partial charge is 0.282 e. The first kappa shape index (κ1) is 9.36. The summed E-state index contributed by atoms with van der Waals surface area (Å²) in [6.07, 6.45) is 0. The second-order valence-corrected chi connectivity index (χ2v) is 4.37. The fourth-order valence-corrected chi connectivity index (χ4v) is 1.69. The zero-order valence-electron chi connectivity index (χ0n) is 8.86. The summed E-state index contributed by atoms with van der Waals surface area (Å²) in [4.78, 5) is 5.31. The van der Waals surface area contributed by atoms with E-state index < -0.39 is 0 Å². The molecule has 0 radical (unpaired) electrons. The highest BCUT2D eigenvalue weighted by Gasteiger charge is 2.54. The molecular weight excluding hydrogens is 152 g/mol. The van der Waals surface area contributed by atoms with Gasteiger partial charge in [0, 0.05) is 6.92 Å². The number of amidine groups is 1. The van der Waals surface area contributed by atoms with Crippen LogP contribution in [0.25, 0.3) is 0 Å². The van der Waals surface area contributed by atoms with Gasteiger partial charge in [0.05, 0.1) is 0 Å². The Morgan fingerprint density at radius 3 is 1.92 bits per heavy atom. The summed E-state index contributed by atoms with van der Waals surface area (Å²) >= 11 is 0. The summed E-state index contributed by atoms with van der Waals surface area (Å²) in [7, 11) is 1.70. The molecule has 0 unspecified atom stereocenters. The van der Waals surface area contributed by atoms with Gasteiger partial charge in [-0.3, -0.25) is 5.32 Å². The molecule has 0 saturated carbocycles. The zero-order chi connectivity index (χ0) is 9.57. The van der Waals surface area contributed by atoms with E-state index >= 15 is 0 Å². The maximum Gasteiger partial charge on any atom is 0.282 e. The standard InChI is InChI=1S/C9H18N2O/c1-7-10-8(2,3)9(4,5)11(7)12-6/h1-6H3/p+1. The number of hydroxylamine groups is 1.